The highest BCUT2D eigenvalue weighted by Crippen LogP contribution is 2.36. The van der Waals surface area contributed by atoms with E-state index < -0.39 is 17.6 Å². The summed E-state index contributed by atoms with van der Waals surface area (Å²) in [5, 5.41) is 13.9. The van der Waals surface area contributed by atoms with E-state index in [1.165, 1.54) is 17.6 Å². The summed E-state index contributed by atoms with van der Waals surface area (Å²) in [7, 11) is 0. The van der Waals surface area contributed by atoms with Crippen LogP contribution >= 0.6 is 22.9 Å². The summed E-state index contributed by atoms with van der Waals surface area (Å²) in [4.78, 5) is 16.3. The summed E-state index contributed by atoms with van der Waals surface area (Å²) < 4.78 is 39.0. The number of hydrogen-bond acceptors (Lipinski definition) is 4. The number of rotatable bonds is 4. The number of nitrogens with one attached hydrogen (secondary N) is 1. The minimum Gasteiger partial charge on any atom is -0.340 e. The summed E-state index contributed by atoms with van der Waals surface area (Å²) in [5.74, 6) is -0.482. The third-order valence-electron chi connectivity index (χ3n) is 3.61. The largest absolute Gasteiger partial charge is 0.416 e. The highest BCUT2D eigenvalue weighted by atomic mass is 35.5. The number of pyridine rings is 1. The highest BCUT2D eigenvalue weighted by Gasteiger charge is 2.31. The van der Waals surface area contributed by atoms with E-state index in [0.29, 0.717) is 16.3 Å². The van der Waals surface area contributed by atoms with Crippen molar-refractivity contribution in [3.63, 3.8) is 0 Å². The van der Waals surface area contributed by atoms with Gasteiger partial charge in [-0.2, -0.15) is 13.2 Å². The van der Waals surface area contributed by atoms with Gasteiger partial charge in [0.05, 0.1) is 10.6 Å². The van der Waals surface area contributed by atoms with Crippen LogP contribution < -0.4 is 10.0 Å². The van der Waals surface area contributed by atoms with Gasteiger partial charge in [-0.1, -0.05) is 11.6 Å². The summed E-state index contributed by atoms with van der Waals surface area (Å²) in [5.41, 5.74) is 0.0226. The maximum atomic E-state index is 12.7. The molecule has 27 heavy (non-hydrogen) atoms. The Morgan fingerprint density at radius 3 is 2.74 bits per heavy atom. The summed E-state index contributed by atoms with van der Waals surface area (Å²) in [6.45, 7) is 0.0735. The number of halogens is 4. The van der Waals surface area contributed by atoms with Gasteiger partial charge in [0.25, 0.3) is 11.6 Å². The molecule has 1 amide bonds. The van der Waals surface area contributed by atoms with E-state index in [1.807, 2.05) is 0 Å². The standard InChI is InChI=1S/C17H11ClF3N3O2S/c18-13-7-10(17(19,20)21)4-5-12(13)16-23-14(9-27-16)15(25)22-8-11-3-1-2-6-24(11)26/h1-7,9H,8H2,(H-,22,25,26)/p+1. The molecule has 0 aliphatic heterocycles. The lowest BCUT2D eigenvalue weighted by Gasteiger charge is -2.08. The second-order valence-corrected chi connectivity index (χ2v) is 6.71. The van der Waals surface area contributed by atoms with E-state index in [0.717, 1.165) is 28.2 Å². The van der Waals surface area contributed by atoms with Crippen LogP contribution in [0, 0.1) is 0 Å². The number of nitrogens with zero attached hydrogens (tertiary/aromatic N) is 2. The van der Waals surface area contributed by atoms with Crippen molar-refractivity contribution in [1.29, 1.82) is 0 Å². The molecule has 0 bridgehead atoms. The molecule has 0 radical (unpaired) electrons. The van der Waals surface area contributed by atoms with Crippen molar-refractivity contribution in [2.75, 3.05) is 0 Å². The number of hydrogen-bond donors (Lipinski definition) is 2. The van der Waals surface area contributed by atoms with Crippen LogP contribution in [0.15, 0.2) is 48.0 Å². The average Bonchev–Trinajstić information content (AvgIpc) is 3.10. The molecule has 0 atom stereocenters. The number of alkyl halides is 3. The number of amides is 1. The summed E-state index contributed by atoms with van der Waals surface area (Å²) >= 11 is 7.04. The van der Waals surface area contributed by atoms with Gasteiger partial charge in [-0.25, -0.2) is 4.98 Å². The van der Waals surface area contributed by atoms with Gasteiger partial charge in [-0.3, -0.25) is 10.0 Å². The van der Waals surface area contributed by atoms with Gasteiger partial charge in [0.15, 0.2) is 0 Å². The molecule has 1 aromatic carbocycles. The molecule has 3 aromatic rings. The molecule has 2 heterocycles. The molecule has 0 saturated carbocycles. The Kier molecular flexibility index (Phi) is 5.33. The molecule has 0 fully saturated rings. The predicted octanol–water partition coefficient (Wildman–Crippen LogP) is 3.94. The van der Waals surface area contributed by atoms with E-state index in [2.05, 4.69) is 10.3 Å². The van der Waals surface area contributed by atoms with Crippen LogP contribution in [0.3, 0.4) is 0 Å². The molecular weight excluding hydrogens is 403 g/mol. The zero-order chi connectivity index (χ0) is 19.6. The highest BCUT2D eigenvalue weighted by molar-refractivity contribution is 7.13. The van der Waals surface area contributed by atoms with Gasteiger partial charge in [0.2, 0.25) is 6.20 Å². The van der Waals surface area contributed by atoms with Crippen molar-refractivity contribution in [2.24, 2.45) is 0 Å². The molecule has 0 aliphatic rings. The molecule has 2 aromatic heterocycles. The average molecular weight is 415 g/mol. The molecular formula is C17H12ClF3N3O2S+. The monoisotopic (exact) mass is 414 g/mol. The van der Waals surface area contributed by atoms with Gasteiger partial charge in [-0.15, -0.1) is 11.3 Å². The smallest absolute Gasteiger partial charge is 0.340 e. The van der Waals surface area contributed by atoms with Gasteiger partial charge < -0.3 is 5.32 Å². The molecule has 10 heteroatoms. The lowest BCUT2D eigenvalue weighted by atomic mass is 10.1. The Balaban J connectivity index is 1.75. The van der Waals surface area contributed by atoms with Crippen molar-refractivity contribution in [3.05, 3.63) is 69.9 Å². The van der Waals surface area contributed by atoms with Gasteiger partial charge in [-0.05, 0) is 24.3 Å². The van der Waals surface area contributed by atoms with Crippen LogP contribution in [-0.4, -0.2) is 16.1 Å². The molecule has 3 rings (SSSR count). The number of carbonyl (C=O) groups excluding carboxylic acids is 1. The number of aromatic nitrogens is 2. The number of carbonyl (C=O) groups is 1. The van der Waals surface area contributed by atoms with Gasteiger partial charge in [0, 0.05) is 27.8 Å². The zero-order valence-electron chi connectivity index (χ0n) is 13.5. The Morgan fingerprint density at radius 1 is 1.30 bits per heavy atom. The van der Waals surface area contributed by atoms with Crippen LogP contribution in [0.2, 0.25) is 5.02 Å². The van der Waals surface area contributed by atoms with Crippen molar-refractivity contribution < 1.29 is 27.9 Å². The van der Waals surface area contributed by atoms with Crippen LogP contribution in [0.25, 0.3) is 10.6 Å². The maximum Gasteiger partial charge on any atom is 0.416 e. The Bertz CT molecular complexity index is 992. The normalized spacial score (nSPS) is 11.4. The Hall–Kier alpha value is -2.65. The van der Waals surface area contributed by atoms with Crippen LogP contribution in [0.5, 0.6) is 0 Å². The predicted molar refractivity (Wildman–Crippen MR) is 92.6 cm³/mol. The molecule has 2 N–H and O–H groups in total. The summed E-state index contributed by atoms with van der Waals surface area (Å²) in [6.07, 6.45) is -3.06. The van der Waals surface area contributed by atoms with E-state index >= 15 is 0 Å². The zero-order valence-corrected chi connectivity index (χ0v) is 15.1. The fourth-order valence-electron chi connectivity index (χ4n) is 2.24. The molecule has 0 unspecified atom stereocenters. The fraction of sp³-hybridized carbons (Fsp3) is 0.118. The minimum atomic E-state index is -4.49. The molecule has 0 aliphatic carbocycles. The number of benzene rings is 1. The van der Waals surface area contributed by atoms with E-state index in [9.17, 15) is 23.2 Å². The fourth-order valence-corrected chi connectivity index (χ4v) is 3.40. The van der Waals surface area contributed by atoms with Gasteiger partial charge >= 0.3 is 6.18 Å². The topological polar surface area (TPSA) is 66.1 Å². The first kappa shape index (κ1) is 19.1. The molecule has 140 valence electrons. The lowest BCUT2D eigenvalue weighted by molar-refractivity contribution is -0.909. The first-order valence-electron chi connectivity index (χ1n) is 7.55. The Labute approximate surface area is 160 Å². The molecule has 0 saturated heterocycles. The quantitative estimate of drug-likeness (QED) is 0.502. The van der Waals surface area contributed by atoms with E-state index in [1.54, 1.807) is 18.2 Å². The van der Waals surface area contributed by atoms with E-state index in [-0.39, 0.29) is 17.3 Å². The van der Waals surface area contributed by atoms with Crippen molar-refractivity contribution in [2.45, 2.75) is 12.7 Å². The second kappa shape index (κ2) is 7.53. The minimum absolute atomic E-state index is 0.0735. The van der Waals surface area contributed by atoms with Crippen LogP contribution in [-0.2, 0) is 12.7 Å². The first-order chi connectivity index (χ1) is 12.8. The maximum absolute atomic E-state index is 12.7. The molecule has 0 spiro atoms. The van der Waals surface area contributed by atoms with Crippen molar-refractivity contribution in [1.82, 2.24) is 10.3 Å². The molecule has 5 nitrogen and oxygen atoms in total. The van der Waals surface area contributed by atoms with Crippen molar-refractivity contribution >= 4 is 28.8 Å². The SMILES string of the molecule is O=C(NCc1cccc[n+]1O)c1csc(-c2ccc(C(F)(F)F)cc2Cl)n1. The second-order valence-electron chi connectivity index (χ2n) is 5.45. The lowest BCUT2D eigenvalue weighted by Crippen LogP contribution is -2.38. The number of thiazole rings is 1. The summed E-state index contributed by atoms with van der Waals surface area (Å²) in [6, 6.07) is 7.94. The van der Waals surface area contributed by atoms with E-state index in [4.69, 9.17) is 11.6 Å². The van der Waals surface area contributed by atoms with Crippen LogP contribution in [0.4, 0.5) is 13.2 Å². The van der Waals surface area contributed by atoms with Gasteiger partial charge in [0.1, 0.15) is 17.2 Å². The van der Waals surface area contributed by atoms with Crippen molar-refractivity contribution in [3.8, 4) is 10.6 Å². The van der Waals surface area contributed by atoms with Crippen LogP contribution in [0.1, 0.15) is 21.7 Å². The Morgan fingerprint density at radius 2 is 2.07 bits per heavy atom. The third kappa shape index (κ3) is 4.37. The third-order valence-corrected chi connectivity index (χ3v) is 4.80. The first-order valence-corrected chi connectivity index (χ1v) is 8.81.